The minimum absolute atomic E-state index is 0.00231. The summed E-state index contributed by atoms with van der Waals surface area (Å²) in [6.07, 6.45) is 0.140. The lowest BCUT2D eigenvalue weighted by Crippen LogP contribution is -2.50. The largest absolute Gasteiger partial charge is 0.323 e. The van der Waals surface area contributed by atoms with E-state index in [2.05, 4.69) is 5.32 Å². The molecule has 0 fully saturated rings. The second-order valence-electron chi connectivity index (χ2n) is 7.11. The molecule has 31 heavy (non-hydrogen) atoms. The molecule has 0 saturated carbocycles. The Morgan fingerprint density at radius 1 is 0.968 bits per heavy atom. The average molecular weight is 463 g/mol. The number of sulfonamides is 1. The zero-order chi connectivity index (χ0) is 22.2. The molecule has 1 N–H and O–H groups in total. The van der Waals surface area contributed by atoms with Gasteiger partial charge in [0.15, 0.2) is 0 Å². The summed E-state index contributed by atoms with van der Waals surface area (Å²) in [4.78, 5) is 13.0. The first-order valence-corrected chi connectivity index (χ1v) is 11.2. The van der Waals surface area contributed by atoms with Crippen LogP contribution >= 0.6 is 11.6 Å². The number of carbonyl (C=O) groups is 1. The maximum Gasteiger partial charge on any atom is 0.244 e. The van der Waals surface area contributed by atoms with Gasteiger partial charge in [-0.05, 0) is 60.0 Å². The predicted octanol–water partition coefficient (Wildman–Crippen LogP) is 4.37. The van der Waals surface area contributed by atoms with Crippen molar-refractivity contribution in [2.75, 3.05) is 5.32 Å². The maximum atomic E-state index is 13.3. The van der Waals surface area contributed by atoms with E-state index in [0.29, 0.717) is 0 Å². The first-order valence-electron chi connectivity index (χ1n) is 9.36. The predicted molar refractivity (Wildman–Crippen MR) is 113 cm³/mol. The van der Waals surface area contributed by atoms with Crippen molar-refractivity contribution in [1.82, 2.24) is 4.31 Å². The quantitative estimate of drug-likeness (QED) is 0.626. The van der Waals surface area contributed by atoms with Crippen LogP contribution in [0.15, 0.2) is 71.6 Å². The molecule has 0 spiro atoms. The molecule has 1 amide bonds. The molecule has 1 heterocycles. The second kappa shape index (κ2) is 8.37. The van der Waals surface area contributed by atoms with Crippen LogP contribution in [0.1, 0.15) is 11.1 Å². The van der Waals surface area contributed by atoms with Crippen LogP contribution in [0.25, 0.3) is 0 Å². The van der Waals surface area contributed by atoms with Crippen molar-refractivity contribution < 1.29 is 22.0 Å². The van der Waals surface area contributed by atoms with E-state index < -0.39 is 33.6 Å². The van der Waals surface area contributed by atoms with E-state index >= 15 is 0 Å². The Balaban J connectivity index is 1.72. The molecule has 1 atom stereocenters. The highest BCUT2D eigenvalue weighted by molar-refractivity contribution is 7.89. The molecule has 5 nitrogen and oxygen atoms in total. The molecule has 0 saturated heterocycles. The number of amides is 1. The first kappa shape index (κ1) is 21.4. The van der Waals surface area contributed by atoms with Crippen LogP contribution < -0.4 is 5.32 Å². The highest BCUT2D eigenvalue weighted by Gasteiger charge is 2.39. The number of carbonyl (C=O) groups excluding carboxylic acids is 1. The third-order valence-corrected chi connectivity index (χ3v) is 7.30. The van der Waals surface area contributed by atoms with Gasteiger partial charge in [0.1, 0.15) is 17.7 Å². The van der Waals surface area contributed by atoms with Gasteiger partial charge >= 0.3 is 0 Å². The van der Waals surface area contributed by atoms with E-state index in [1.54, 1.807) is 12.1 Å². The summed E-state index contributed by atoms with van der Waals surface area (Å²) >= 11 is 6.01. The van der Waals surface area contributed by atoms with Gasteiger partial charge in [0.05, 0.1) is 15.6 Å². The summed E-state index contributed by atoms with van der Waals surface area (Å²) in [5.41, 5.74) is 1.79. The van der Waals surface area contributed by atoms with Gasteiger partial charge in [-0.25, -0.2) is 17.2 Å². The molecule has 0 aliphatic carbocycles. The summed E-state index contributed by atoms with van der Waals surface area (Å²) in [7, 11) is -4.11. The fourth-order valence-electron chi connectivity index (χ4n) is 3.52. The van der Waals surface area contributed by atoms with Crippen molar-refractivity contribution in [3.63, 3.8) is 0 Å². The molecule has 3 aromatic rings. The van der Waals surface area contributed by atoms with Gasteiger partial charge in [-0.1, -0.05) is 35.9 Å². The van der Waals surface area contributed by atoms with E-state index in [1.165, 1.54) is 6.07 Å². The highest BCUT2D eigenvalue weighted by atomic mass is 35.5. The summed E-state index contributed by atoms with van der Waals surface area (Å²) in [6.45, 7) is -0.0227. The standard InChI is InChI=1S/C22H17ClF2N2O3S/c23-19-12-17(25)7-10-20(19)26-22(28)21-11-14-3-1-2-4-15(14)13-27(21)31(29,30)18-8-5-16(24)6-9-18/h1-10,12,21H,11,13H2,(H,26,28)/t21-/m0/s1. The van der Waals surface area contributed by atoms with E-state index in [1.807, 2.05) is 12.1 Å². The van der Waals surface area contributed by atoms with Crippen LogP contribution in [0.5, 0.6) is 0 Å². The van der Waals surface area contributed by atoms with Crippen molar-refractivity contribution in [3.8, 4) is 0 Å². The summed E-state index contributed by atoms with van der Waals surface area (Å²) in [5.74, 6) is -1.73. The van der Waals surface area contributed by atoms with Crippen LogP contribution in [0.2, 0.25) is 5.02 Å². The van der Waals surface area contributed by atoms with Crippen LogP contribution in [0.4, 0.5) is 14.5 Å². The fraction of sp³-hybridized carbons (Fsp3) is 0.136. The van der Waals surface area contributed by atoms with Crippen molar-refractivity contribution in [2.24, 2.45) is 0 Å². The topological polar surface area (TPSA) is 66.5 Å². The maximum absolute atomic E-state index is 13.3. The molecule has 0 radical (unpaired) electrons. The number of hydrogen-bond acceptors (Lipinski definition) is 3. The molecular formula is C22H17ClF2N2O3S. The van der Waals surface area contributed by atoms with Crippen LogP contribution in [0, 0.1) is 11.6 Å². The minimum atomic E-state index is -4.11. The number of anilines is 1. The fourth-order valence-corrected chi connectivity index (χ4v) is 5.30. The Morgan fingerprint density at radius 3 is 2.29 bits per heavy atom. The van der Waals surface area contributed by atoms with E-state index in [9.17, 15) is 22.0 Å². The van der Waals surface area contributed by atoms with Crippen LogP contribution in [-0.4, -0.2) is 24.7 Å². The number of nitrogens with zero attached hydrogens (tertiary/aromatic N) is 1. The van der Waals surface area contributed by atoms with Crippen molar-refractivity contribution in [1.29, 1.82) is 0 Å². The molecular weight excluding hydrogens is 446 g/mol. The lowest BCUT2D eigenvalue weighted by molar-refractivity contribution is -0.120. The first-order chi connectivity index (χ1) is 14.8. The van der Waals surface area contributed by atoms with Crippen LogP contribution in [0.3, 0.4) is 0 Å². The van der Waals surface area contributed by atoms with Gasteiger partial charge in [0.2, 0.25) is 15.9 Å². The van der Waals surface area contributed by atoms with E-state index in [-0.39, 0.29) is 28.6 Å². The minimum Gasteiger partial charge on any atom is -0.323 e. The van der Waals surface area contributed by atoms with Crippen LogP contribution in [-0.2, 0) is 27.8 Å². The third-order valence-electron chi connectivity index (χ3n) is 5.12. The Morgan fingerprint density at radius 2 is 1.61 bits per heavy atom. The molecule has 1 aliphatic heterocycles. The average Bonchev–Trinajstić information content (AvgIpc) is 2.75. The lowest BCUT2D eigenvalue weighted by Gasteiger charge is -2.35. The molecule has 0 unspecified atom stereocenters. The van der Waals surface area contributed by atoms with Crippen molar-refractivity contribution >= 4 is 33.2 Å². The van der Waals surface area contributed by atoms with E-state index in [4.69, 9.17) is 11.6 Å². The smallest absolute Gasteiger partial charge is 0.244 e. The zero-order valence-electron chi connectivity index (χ0n) is 16.1. The van der Waals surface area contributed by atoms with E-state index in [0.717, 1.165) is 51.8 Å². The van der Waals surface area contributed by atoms with Gasteiger partial charge in [-0.15, -0.1) is 0 Å². The number of hydrogen-bond donors (Lipinski definition) is 1. The SMILES string of the molecule is O=C(Nc1ccc(F)cc1Cl)[C@@H]1Cc2ccccc2CN1S(=O)(=O)c1ccc(F)cc1. The summed E-state index contributed by atoms with van der Waals surface area (Å²) in [6, 6.07) is 14.1. The molecule has 3 aromatic carbocycles. The Hall–Kier alpha value is -2.81. The second-order valence-corrected chi connectivity index (χ2v) is 9.40. The monoisotopic (exact) mass is 462 g/mol. The molecule has 0 bridgehead atoms. The zero-order valence-corrected chi connectivity index (χ0v) is 17.6. The normalized spacial score (nSPS) is 16.5. The van der Waals surface area contributed by atoms with Gasteiger partial charge in [-0.3, -0.25) is 4.79 Å². The Kier molecular flexibility index (Phi) is 5.79. The van der Waals surface area contributed by atoms with Gasteiger partial charge in [-0.2, -0.15) is 4.31 Å². The lowest BCUT2D eigenvalue weighted by atomic mass is 9.95. The number of halogens is 3. The van der Waals surface area contributed by atoms with Gasteiger partial charge in [0.25, 0.3) is 0 Å². The third kappa shape index (κ3) is 4.32. The number of benzene rings is 3. The van der Waals surface area contributed by atoms with Gasteiger partial charge < -0.3 is 5.32 Å². The van der Waals surface area contributed by atoms with Crippen molar-refractivity contribution in [3.05, 3.63) is 94.5 Å². The number of fused-ring (bicyclic) bond motifs is 1. The summed E-state index contributed by atoms with van der Waals surface area (Å²) < 4.78 is 54.4. The Bertz CT molecular complexity index is 1250. The molecule has 9 heteroatoms. The molecule has 1 aliphatic rings. The number of nitrogens with one attached hydrogen (secondary N) is 1. The molecule has 4 rings (SSSR count). The molecule has 0 aromatic heterocycles. The highest BCUT2D eigenvalue weighted by Crippen LogP contribution is 2.31. The Labute approximate surface area is 183 Å². The van der Waals surface area contributed by atoms with Gasteiger partial charge in [0, 0.05) is 6.54 Å². The number of rotatable bonds is 4. The van der Waals surface area contributed by atoms with Crippen molar-refractivity contribution in [2.45, 2.75) is 23.9 Å². The summed E-state index contributed by atoms with van der Waals surface area (Å²) in [5, 5.41) is 2.59. The molecule has 160 valence electrons.